The third kappa shape index (κ3) is 5.44. The summed E-state index contributed by atoms with van der Waals surface area (Å²) in [5.74, 6) is -0.993. The molecule has 0 saturated carbocycles. The number of benzene rings is 3. The Morgan fingerprint density at radius 2 is 1.58 bits per heavy atom. The molecule has 3 aromatic rings. The number of rotatable bonds is 6. The lowest BCUT2D eigenvalue weighted by molar-refractivity contribution is -0.119. The van der Waals surface area contributed by atoms with Crippen LogP contribution in [0.1, 0.15) is 39.1 Å². The van der Waals surface area contributed by atoms with E-state index in [-0.39, 0.29) is 30.1 Å². The first-order chi connectivity index (χ1) is 16.0. The van der Waals surface area contributed by atoms with E-state index >= 15 is 0 Å². The van der Waals surface area contributed by atoms with Gasteiger partial charge in [-0.1, -0.05) is 30.3 Å². The van der Waals surface area contributed by atoms with Crippen LogP contribution in [-0.2, 0) is 11.3 Å². The summed E-state index contributed by atoms with van der Waals surface area (Å²) in [5, 5.41) is 5.63. The first-order valence-corrected chi connectivity index (χ1v) is 10.8. The Morgan fingerprint density at radius 1 is 0.879 bits per heavy atom. The quantitative estimate of drug-likeness (QED) is 0.602. The topological polar surface area (TPSA) is 78.5 Å². The maximum Gasteiger partial charge on any atom is 0.254 e. The zero-order valence-electron chi connectivity index (χ0n) is 18.0. The van der Waals surface area contributed by atoms with E-state index in [1.54, 1.807) is 65.6 Å². The minimum atomic E-state index is -0.531. The van der Waals surface area contributed by atoms with E-state index in [1.807, 2.05) is 6.07 Å². The monoisotopic (exact) mass is 445 g/mol. The molecule has 2 N–H and O–H groups in total. The number of nitrogens with zero attached hydrogens (tertiary/aromatic N) is 1. The van der Waals surface area contributed by atoms with Crippen LogP contribution in [0.4, 0.5) is 10.1 Å². The Labute approximate surface area is 191 Å². The molecule has 0 spiro atoms. The lowest BCUT2D eigenvalue weighted by atomic mass is 10.1. The Morgan fingerprint density at radius 3 is 2.27 bits per heavy atom. The molecule has 168 valence electrons. The van der Waals surface area contributed by atoms with Gasteiger partial charge in [0.15, 0.2) is 0 Å². The lowest BCUT2D eigenvalue weighted by Gasteiger charge is -2.24. The molecule has 1 aliphatic rings. The summed E-state index contributed by atoms with van der Waals surface area (Å²) >= 11 is 0. The first kappa shape index (κ1) is 22.2. The van der Waals surface area contributed by atoms with Gasteiger partial charge in [-0.15, -0.1) is 0 Å². The second-order valence-electron chi connectivity index (χ2n) is 7.90. The van der Waals surface area contributed by atoms with Gasteiger partial charge >= 0.3 is 0 Å². The van der Waals surface area contributed by atoms with Crippen LogP contribution in [0.15, 0.2) is 78.9 Å². The average molecular weight is 445 g/mol. The van der Waals surface area contributed by atoms with Crippen LogP contribution in [0.3, 0.4) is 0 Å². The molecule has 1 fully saturated rings. The Bertz CT molecular complexity index is 1130. The van der Waals surface area contributed by atoms with Gasteiger partial charge in [0.2, 0.25) is 5.91 Å². The molecule has 1 atom stereocenters. The molecule has 0 bridgehead atoms. The highest BCUT2D eigenvalue weighted by atomic mass is 19.1. The fraction of sp³-hybridized carbons (Fsp3) is 0.192. The van der Waals surface area contributed by atoms with Crippen molar-refractivity contribution >= 4 is 23.4 Å². The zero-order valence-corrected chi connectivity index (χ0v) is 18.0. The summed E-state index contributed by atoms with van der Waals surface area (Å²) in [6.07, 6.45) is 1.37. The number of hydrogen-bond acceptors (Lipinski definition) is 3. The Hall–Kier alpha value is -4.00. The van der Waals surface area contributed by atoms with E-state index in [1.165, 1.54) is 12.1 Å². The van der Waals surface area contributed by atoms with Crippen LogP contribution < -0.4 is 10.6 Å². The smallest absolute Gasteiger partial charge is 0.254 e. The van der Waals surface area contributed by atoms with Crippen LogP contribution in [-0.4, -0.2) is 35.2 Å². The molecule has 7 heteroatoms. The van der Waals surface area contributed by atoms with E-state index in [4.69, 9.17) is 0 Å². The number of likely N-dealkylation sites (tertiary alicyclic amines) is 1. The van der Waals surface area contributed by atoms with Gasteiger partial charge in [0.05, 0.1) is 0 Å². The summed E-state index contributed by atoms with van der Waals surface area (Å²) in [4.78, 5) is 39.6. The highest BCUT2D eigenvalue weighted by Gasteiger charge is 2.34. The van der Waals surface area contributed by atoms with Crippen molar-refractivity contribution in [2.75, 3.05) is 11.9 Å². The molecule has 4 rings (SSSR count). The number of carbonyl (C=O) groups excluding carboxylic acids is 3. The highest BCUT2D eigenvalue weighted by Crippen LogP contribution is 2.22. The van der Waals surface area contributed by atoms with Crippen LogP contribution in [0.2, 0.25) is 0 Å². The minimum Gasteiger partial charge on any atom is -0.348 e. The SMILES string of the molecule is O=C(NCc1ccc(F)cc1)c1ccc(NC(=O)C2CCCN2C(=O)c2ccccc2)cc1. The van der Waals surface area contributed by atoms with E-state index in [9.17, 15) is 18.8 Å². The van der Waals surface area contributed by atoms with Crippen molar-refractivity contribution in [2.45, 2.75) is 25.4 Å². The average Bonchev–Trinajstić information content (AvgIpc) is 3.34. The number of nitrogens with one attached hydrogen (secondary N) is 2. The van der Waals surface area contributed by atoms with E-state index < -0.39 is 6.04 Å². The van der Waals surface area contributed by atoms with Crippen molar-refractivity contribution in [2.24, 2.45) is 0 Å². The van der Waals surface area contributed by atoms with Crippen molar-refractivity contribution < 1.29 is 18.8 Å². The zero-order chi connectivity index (χ0) is 23.2. The standard InChI is InChI=1S/C26H24FN3O3/c27-21-12-8-18(9-13-21)17-28-24(31)19-10-14-22(15-11-19)29-25(32)23-7-4-16-30(23)26(33)20-5-2-1-3-6-20/h1-3,5-6,8-15,23H,4,7,16-17H2,(H,28,31)(H,29,32). The maximum absolute atomic E-state index is 13.0. The first-order valence-electron chi connectivity index (χ1n) is 10.8. The molecule has 0 aromatic heterocycles. The van der Waals surface area contributed by atoms with Crippen molar-refractivity contribution in [1.82, 2.24) is 10.2 Å². The molecule has 0 radical (unpaired) electrons. The number of hydrogen-bond donors (Lipinski definition) is 2. The van der Waals surface area contributed by atoms with Gasteiger partial charge in [-0.05, 0) is 66.9 Å². The Balaban J connectivity index is 1.34. The van der Waals surface area contributed by atoms with E-state index in [0.29, 0.717) is 29.8 Å². The molecule has 3 amide bonds. The van der Waals surface area contributed by atoms with Crippen molar-refractivity contribution in [3.8, 4) is 0 Å². The fourth-order valence-corrected chi connectivity index (χ4v) is 3.85. The Kier molecular flexibility index (Phi) is 6.78. The summed E-state index contributed by atoms with van der Waals surface area (Å²) < 4.78 is 13.0. The summed E-state index contributed by atoms with van der Waals surface area (Å²) in [6, 6.07) is 20.9. The van der Waals surface area contributed by atoms with Crippen molar-refractivity contribution in [3.63, 3.8) is 0 Å². The summed E-state index contributed by atoms with van der Waals surface area (Å²) in [7, 11) is 0. The molecule has 1 saturated heterocycles. The molecule has 1 aliphatic heterocycles. The molecule has 1 heterocycles. The van der Waals surface area contributed by atoms with Gasteiger partial charge in [0, 0.05) is 29.9 Å². The lowest BCUT2D eigenvalue weighted by Crippen LogP contribution is -2.43. The van der Waals surface area contributed by atoms with Crippen LogP contribution in [0, 0.1) is 5.82 Å². The predicted octanol–water partition coefficient (Wildman–Crippen LogP) is 4.00. The molecular weight excluding hydrogens is 421 g/mol. The van der Waals surface area contributed by atoms with Crippen molar-refractivity contribution in [1.29, 1.82) is 0 Å². The molecule has 6 nitrogen and oxygen atoms in total. The van der Waals surface area contributed by atoms with Gasteiger partial charge < -0.3 is 15.5 Å². The summed E-state index contributed by atoms with van der Waals surface area (Å²) in [5.41, 5.74) is 2.35. The largest absolute Gasteiger partial charge is 0.348 e. The normalized spacial score (nSPS) is 15.2. The maximum atomic E-state index is 13.0. The second kappa shape index (κ2) is 10.1. The molecule has 1 unspecified atom stereocenters. The summed E-state index contributed by atoms with van der Waals surface area (Å²) in [6.45, 7) is 0.823. The van der Waals surface area contributed by atoms with Gasteiger partial charge in [-0.2, -0.15) is 0 Å². The van der Waals surface area contributed by atoms with Crippen LogP contribution in [0.5, 0.6) is 0 Å². The van der Waals surface area contributed by atoms with Crippen LogP contribution >= 0.6 is 0 Å². The molecule has 3 aromatic carbocycles. The third-order valence-electron chi connectivity index (χ3n) is 5.62. The second-order valence-corrected chi connectivity index (χ2v) is 7.90. The molecule has 0 aliphatic carbocycles. The van der Waals surface area contributed by atoms with E-state index in [0.717, 1.165) is 12.0 Å². The number of amides is 3. The van der Waals surface area contributed by atoms with Crippen molar-refractivity contribution in [3.05, 3.63) is 101 Å². The number of carbonyl (C=O) groups is 3. The minimum absolute atomic E-state index is 0.151. The van der Waals surface area contributed by atoms with Gasteiger partial charge in [-0.3, -0.25) is 14.4 Å². The molecular formula is C26H24FN3O3. The van der Waals surface area contributed by atoms with Crippen LogP contribution in [0.25, 0.3) is 0 Å². The fourth-order valence-electron chi connectivity index (χ4n) is 3.85. The third-order valence-corrected chi connectivity index (χ3v) is 5.62. The van der Waals surface area contributed by atoms with Gasteiger partial charge in [0.1, 0.15) is 11.9 Å². The number of anilines is 1. The number of halogens is 1. The predicted molar refractivity (Wildman–Crippen MR) is 123 cm³/mol. The highest BCUT2D eigenvalue weighted by molar-refractivity contribution is 6.02. The van der Waals surface area contributed by atoms with Gasteiger partial charge in [-0.25, -0.2) is 4.39 Å². The molecule has 33 heavy (non-hydrogen) atoms. The van der Waals surface area contributed by atoms with E-state index in [2.05, 4.69) is 10.6 Å². The van der Waals surface area contributed by atoms with Gasteiger partial charge in [0.25, 0.3) is 11.8 Å².